The van der Waals surface area contributed by atoms with Gasteiger partial charge in [-0.2, -0.15) is 0 Å². The Morgan fingerprint density at radius 2 is 1.95 bits per heavy atom. The second kappa shape index (κ2) is 7.66. The highest BCUT2D eigenvalue weighted by Crippen LogP contribution is 2.22. The van der Waals surface area contributed by atoms with E-state index < -0.39 is 0 Å². The molecule has 0 saturated carbocycles. The number of anilines is 1. The Kier molecular flexibility index (Phi) is 5.88. The van der Waals surface area contributed by atoms with Gasteiger partial charge in [-0.15, -0.1) is 11.8 Å². The van der Waals surface area contributed by atoms with Gasteiger partial charge in [0.2, 0.25) is 5.91 Å². The molecule has 0 aromatic heterocycles. The zero-order chi connectivity index (χ0) is 15.2. The molecule has 110 valence electrons. The topological polar surface area (TPSA) is 29.1 Å². The summed E-state index contributed by atoms with van der Waals surface area (Å²) in [5.74, 6) is 1.32. The lowest BCUT2D eigenvalue weighted by Gasteiger charge is -2.09. The van der Waals surface area contributed by atoms with E-state index in [1.165, 1.54) is 5.56 Å². The fourth-order valence-electron chi connectivity index (χ4n) is 1.93. The van der Waals surface area contributed by atoms with E-state index in [1.807, 2.05) is 50.2 Å². The molecule has 0 aliphatic rings. The van der Waals surface area contributed by atoms with Gasteiger partial charge >= 0.3 is 0 Å². The highest BCUT2D eigenvalue weighted by Gasteiger charge is 2.06. The Morgan fingerprint density at radius 3 is 2.71 bits per heavy atom. The summed E-state index contributed by atoms with van der Waals surface area (Å²) in [6, 6.07) is 14.2. The van der Waals surface area contributed by atoms with Crippen molar-refractivity contribution in [2.45, 2.75) is 19.6 Å². The Hall–Kier alpha value is -1.26. The molecule has 2 nitrogen and oxygen atoms in total. The minimum absolute atomic E-state index is 0.0424. The predicted octanol–water partition coefficient (Wildman–Crippen LogP) is 4.94. The first-order chi connectivity index (χ1) is 10.1. The third kappa shape index (κ3) is 4.90. The van der Waals surface area contributed by atoms with Crippen molar-refractivity contribution < 1.29 is 4.79 Å². The molecule has 2 rings (SSSR count). The first-order valence-electron chi connectivity index (χ1n) is 6.74. The Morgan fingerprint density at radius 1 is 1.19 bits per heavy atom. The lowest BCUT2D eigenvalue weighted by atomic mass is 10.1. The maximum Gasteiger partial charge on any atom is 0.234 e. The van der Waals surface area contributed by atoms with Crippen molar-refractivity contribution in [3.05, 3.63) is 63.6 Å². The molecule has 0 heterocycles. The summed E-state index contributed by atoms with van der Waals surface area (Å²) in [5, 5.41) is 2.98. The van der Waals surface area contributed by atoms with Gasteiger partial charge in [0.1, 0.15) is 0 Å². The van der Waals surface area contributed by atoms with E-state index in [-0.39, 0.29) is 5.91 Å². The molecule has 4 heteroatoms. The summed E-state index contributed by atoms with van der Waals surface area (Å²) in [7, 11) is 0. The van der Waals surface area contributed by atoms with Gasteiger partial charge in [-0.3, -0.25) is 4.79 Å². The smallest absolute Gasteiger partial charge is 0.234 e. The molecule has 0 fully saturated rings. The summed E-state index contributed by atoms with van der Waals surface area (Å²) in [6.45, 7) is 4.03. The number of rotatable bonds is 5. The second-order valence-electron chi connectivity index (χ2n) is 4.95. The van der Waals surface area contributed by atoms with Crippen LogP contribution in [-0.2, 0) is 10.5 Å². The molecule has 0 atom stereocenters. The maximum atomic E-state index is 12.0. The average molecular weight is 364 g/mol. The van der Waals surface area contributed by atoms with E-state index >= 15 is 0 Å². The molecule has 1 N–H and O–H groups in total. The van der Waals surface area contributed by atoms with Gasteiger partial charge in [0.15, 0.2) is 0 Å². The third-order valence-electron chi connectivity index (χ3n) is 3.12. The molecule has 21 heavy (non-hydrogen) atoms. The number of carbonyl (C=O) groups is 1. The molecular formula is C17H18BrNOS. The Bertz CT molecular complexity index is 642. The average Bonchev–Trinajstić information content (AvgIpc) is 2.45. The molecule has 0 bridgehead atoms. The highest BCUT2D eigenvalue weighted by molar-refractivity contribution is 9.10. The molecule has 1 amide bonds. The second-order valence-corrected chi connectivity index (χ2v) is 6.79. The van der Waals surface area contributed by atoms with E-state index in [9.17, 15) is 4.79 Å². The molecule has 0 aliphatic heterocycles. The maximum absolute atomic E-state index is 12.0. The molecule has 0 aliphatic carbocycles. The van der Waals surface area contributed by atoms with Gasteiger partial charge < -0.3 is 5.32 Å². The molecule has 0 spiro atoms. The minimum atomic E-state index is 0.0424. The fraction of sp³-hybridized carbons (Fsp3) is 0.235. The number of hydrogen-bond acceptors (Lipinski definition) is 2. The number of amides is 1. The van der Waals surface area contributed by atoms with Crippen LogP contribution in [0.25, 0.3) is 0 Å². The summed E-state index contributed by atoms with van der Waals surface area (Å²) >= 11 is 5.14. The largest absolute Gasteiger partial charge is 0.325 e. The van der Waals surface area contributed by atoms with Crippen molar-refractivity contribution >= 4 is 39.3 Å². The first-order valence-corrected chi connectivity index (χ1v) is 8.69. The van der Waals surface area contributed by atoms with Crippen LogP contribution in [0, 0.1) is 13.8 Å². The molecule has 0 unspecified atom stereocenters. The van der Waals surface area contributed by atoms with Gasteiger partial charge in [0.05, 0.1) is 5.75 Å². The summed E-state index contributed by atoms with van der Waals surface area (Å²) in [5.41, 5.74) is 4.35. The van der Waals surface area contributed by atoms with Crippen molar-refractivity contribution in [2.24, 2.45) is 0 Å². The van der Waals surface area contributed by atoms with Gasteiger partial charge in [-0.25, -0.2) is 0 Å². The van der Waals surface area contributed by atoms with Crippen molar-refractivity contribution in [3.63, 3.8) is 0 Å². The van der Waals surface area contributed by atoms with Crippen LogP contribution >= 0.6 is 27.7 Å². The molecule has 2 aromatic carbocycles. The number of aryl methyl sites for hydroxylation is 2. The van der Waals surface area contributed by atoms with Gasteiger partial charge in [-0.1, -0.05) is 46.3 Å². The lowest BCUT2D eigenvalue weighted by molar-refractivity contribution is -0.113. The van der Waals surface area contributed by atoms with Crippen LogP contribution in [0.2, 0.25) is 0 Å². The molecule has 0 radical (unpaired) electrons. The van der Waals surface area contributed by atoms with Crippen LogP contribution in [0.15, 0.2) is 46.9 Å². The number of thioether (sulfide) groups is 1. The summed E-state index contributed by atoms with van der Waals surface area (Å²) in [6.07, 6.45) is 0. The molecule has 2 aromatic rings. The number of benzene rings is 2. The van der Waals surface area contributed by atoms with Crippen LogP contribution < -0.4 is 5.32 Å². The third-order valence-corrected chi connectivity index (χ3v) is 4.87. The fourth-order valence-corrected chi connectivity index (χ4v) is 3.37. The molecule has 0 saturated heterocycles. The van der Waals surface area contributed by atoms with Crippen molar-refractivity contribution in [3.8, 4) is 0 Å². The van der Waals surface area contributed by atoms with Crippen LogP contribution in [0.3, 0.4) is 0 Å². The van der Waals surface area contributed by atoms with Crippen LogP contribution in [0.4, 0.5) is 5.69 Å². The quantitative estimate of drug-likeness (QED) is 0.814. The van der Waals surface area contributed by atoms with Crippen molar-refractivity contribution in [1.82, 2.24) is 0 Å². The summed E-state index contributed by atoms with van der Waals surface area (Å²) in [4.78, 5) is 12.0. The van der Waals surface area contributed by atoms with Crippen LogP contribution in [0.5, 0.6) is 0 Å². The number of carbonyl (C=O) groups excluding carboxylic acids is 1. The standard InChI is InChI=1S/C17H18BrNOS/c1-12-7-8-13(2)16(9-12)19-17(20)11-21-10-14-5-3-4-6-15(14)18/h3-9H,10-11H2,1-2H3,(H,19,20). The van der Waals surface area contributed by atoms with Gasteiger partial charge in [-0.05, 0) is 42.7 Å². The lowest BCUT2D eigenvalue weighted by Crippen LogP contribution is -2.15. The summed E-state index contributed by atoms with van der Waals surface area (Å²) < 4.78 is 1.09. The zero-order valence-corrected chi connectivity index (χ0v) is 14.6. The number of halogens is 1. The van der Waals surface area contributed by atoms with Crippen LogP contribution in [0.1, 0.15) is 16.7 Å². The van der Waals surface area contributed by atoms with Crippen molar-refractivity contribution in [2.75, 3.05) is 11.1 Å². The minimum Gasteiger partial charge on any atom is -0.325 e. The van der Waals surface area contributed by atoms with Crippen LogP contribution in [-0.4, -0.2) is 11.7 Å². The van der Waals surface area contributed by atoms with Crippen molar-refractivity contribution in [1.29, 1.82) is 0 Å². The van der Waals surface area contributed by atoms with E-state index in [1.54, 1.807) is 11.8 Å². The Balaban J connectivity index is 1.85. The van der Waals surface area contributed by atoms with Gasteiger partial charge in [0.25, 0.3) is 0 Å². The van der Waals surface area contributed by atoms with E-state index in [4.69, 9.17) is 0 Å². The number of hydrogen-bond donors (Lipinski definition) is 1. The normalized spacial score (nSPS) is 10.4. The first kappa shape index (κ1) is 16.1. The molecular weight excluding hydrogens is 346 g/mol. The SMILES string of the molecule is Cc1ccc(C)c(NC(=O)CSCc2ccccc2Br)c1. The Labute approximate surface area is 138 Å². The number of nitrogens with one attached hydrogen (secondary N) is 1. The van der Waals surface area contributed by atoms with E-state index in [2.05, 4.69) is 27.3 Å². The van der Waals surface area contributed by atoms with Gasteiger partial charge in [0, 0.05) is 15.9 Å². The monoisotopic (exact) mass is 363 g/mol. The van der Waals surface area contributed by atoms with E-state index in [0.29, 0.717) is 5.75 Å². The highest BCUT2D eigenvalue weighted by atomic mass is 79.9. The van der Waals surface area contributed by atoms with E-state index in [0.717, 1.165) is 27.0 Å². The predicted molar refractivity (Wildman–Crippen MR) is 94.8 cm³/mol. The zero-order valence-electron chi connectivity index (χ0n) is 12.2.